The first-order valence-electron chi connectivity index (χ1n) is 5.76. The van der Waals surface area contributed by atoms with Gasteiger partial charge in [0.25, 0.3) is 0 Å². The molecule has 0 bridgehead atoms. The fourth-order valence-electron chi connectivity index (χ4n) is 1.50. The highest BCUT2D eigenvalue weighted by Gasteiger charge is 2.33. The summed E-state index contributed by atoms with van der Waals surface area (Å²) in [5, 5.41) is 2.70. The molecule has 1 heterocycles. The van der Waals surface area contributed by atoms with Crippen LogP contribution in [0, 0.1) is 5.92 Å². The first kappa shape index (κ1) is 13.8. The third-order valence-electron chi connectivity index (χ3n) is 2.38. The predicted octanol–water partition coefficient (Wildman–Crippen LogP) is -0.0718. The Balaban J connectivity index is 2.18. The summed E-state index contributed by atoms with van der Waals surface area (Å²) in [4.78, 5) is 24.1. The van der Waals surface area contributed by atoms with E-state index in [-0.39, 0.29) is 18.5 Å². The molecule has 0 spiro atoms. The smallest absolute Gasteiger partial charge is 0.410 e. The zero-order valence-corrected chi connectivity index (χ0v) is 10.7. The summed E-state index contributed by atoms with van der Waals surface area (Å²) in [5.41, 5.74) is 4.70. The van der Waals surface area contributed by atoms with Gasteiger partial charge in [-0.2, -0.15) is 0 Å². The van der Waals surface area contributed by atoms with E-state index in [0.717, 1.165) is 0 Å². The van der Waals surface area contributed by atoms with E-state index >= 15 is 0 Å². The van der Waals surface area contributed by atoms with Crippen molar-refractivity contribution < 1.29 is 14.3 Å². The standard InChI is InChI=1S/C11H21N3O3/c1-11(2,3)17-10(16)14-6-8(7-14)5-13-9(15)4-12/h8H,4-7,12H2,1-3H3,(H,13,15). The number of carbonyl (C=O) groups is 2. The molecule has 0 radical (unpaired) electrons. The average molecular weight is 243 g/mol. The minimum atomic E-state index is -0.462. The minimum Gasteiger partial charge on any atom is -0.444 e. The summed E-state index contributed by atoms with van der Waals surface area (Å²) in [5.74, 6) is 0.138. The lowest BCUT2D eigenvalue weighted by Gasteiger charge is -2.39. The van der Waals surface area contributed by atoms with Gasteiger partial charge in [0.15, 0.2) is 0 Å². The average Bonchev–Trinajstić information content (AvgIpc) is 2.11. The van der Waals surface area contributed by atoms with Crippen LogP contribution in [0.4, 0.5) is 4.79 Å². The second kappa shape index (κ2) is 5.35. The Kier molecular flexibility index (Phi) is 4.34. The van der Waals surface area contributed by atoms with Crippen LogP contribution in [0.2, 0.25) is 0 Å². The fourth-order valence-corrected chi connectivity index (χ4v) is 1.50. The summed E-state index contributed by atoms with van der Waals surface area (Å²) in [6.07, 6.45) is -0.293. The number of carbonyl (C=O) groups excluding carboxylic acids is 2. The van der Waals surface area contributed by atoms with Gasteiger partial charge in [-0.05, 0) is 20.8 Å². The number of nitrogens with two attached hydrogens (primary N) is 1. The van der Waals surface area contributed by atoms with Gasteiger partial charge in [0.1, 0.15) is 5.60 Å². The van der Waals surface area contributed by atoms with Crippen LogP contribution in [0.3, 0.4) is 0 Å². The molecule has 98 valence electrons. The summed E-state index contributed by atoms with van der Waals surface area (Å²) in [6, 6.07) is 0. The van der Waals surface area contributed by atoms with Crippen LogP contribution < -0.4 is 11.1 Å². The molecule has 0 unspecified atom stereocenters. The van der Waals surface area contributed by atoms with E-state index in [2.05, 4.69) is 5.32 Å². The second-order valence-electron chi connectivity index (χ2n) is 5.26. The summed E-state index contributed by atoms with van der Waals surface area (Å²) in [6.45, 7) is 7.33. The lowest BCUT2D eigenvalue weighted by molar-refractivity contribution is -0.120. The molecular formula is C11H21N3O3. The van der Waals surface area contributed by atoms with Crippen molar-refractivity contribution >= 4 is 12.0 Å². The van der Waals surface area contributed by atoms with Gasteiger partial charge in [0, 0.05) is 25.6 Å². The number of likely N-dealkylation sites (tertiary alicyclic amines) is 1. The molecule has 0 aromatic heterocycles. The number of nitrogens with one attached hydrogen (secondary N) is 1. The maximum absolute atomic E-state index is 11.6. The third-order valence-corrected chi connectivity index (χ3v) is 2.38. The van der Waals surface area contributed by atoms with Gasteiger partial charge in [-0.1, -0.05) is 0 Å². The Labute approximate surface area is 101 Å². The van der Waals surface area contributed by atoms with Crippen molar-refractivity contribution in [2.24, 2.45) is 11.7 Å². The summed E-state index contributed by atoms with van der Waals surface area (Å²) in [7, 11) is 0. The van der Waals surface area contributed by atoms with Crippen molar-refractivity contribution in [1.29, 1.82) is 0 Å². The number of hydrogen-bond acceptors (Lipinski definition) is 4. The third kappa shape index (κ3) is 4.60. The highest BCUT2D eigenvalue weighted by Crippen LogP contribution is 2.18. The van der Waals surface area contributed by atoms with Gasteiger partial charge in [-0.15, -0.1) is 0 Å². The lowest BCUT2D eigenvalue weighted by Crippen LogP contribution is -2.55. The Morgan fingerprint density at radius 3 is 2.47 bits per heavy atom. The minimum absolute atomic E-state index is 0.00248. The van der Waals surface area contributed by atoms with Crippen molar-refractivity contribution in [2.45, 2.75) is 26.4 Å². The molecule has 0 aliphatic carbocycles. The van der Waals surface area contributed by atoms with Crippen molar-refractivity contribution in [3.8, 4) is 0 Å². The van der Waals surface area contributed by atoms with Crippen LogP contribution in [0.25, 0.3) is 0 Å². The summed E-state index contributed by atoms with van der Waals surface area (Å²) >= 11 is 0. The quantitative estimate of drug-likeness (QED) is 0.726. The molecule has 0 aromatic rings. The van der Waals surface area contributed by atoms with Crippen LogP contribution in [0.1, 0.15) is 20.8 Å². The zero-order chi connectivity index (χ0) is 13.1. The highest BCUT2D eigenvalue weighted by atomic mass is 16.6. The normalized spacial score (nSPS) is 16.4. The molecule has 1 saturated heterocycles. The van der Waals surface area contributed by atoms with Gasteiger partial charge < -0.3 is 20.7 Å². The molecule has 6 nitrogen and oxygen atoms in total. The van der Waals surface area contributed by atoms with E-state index in [9.17, 15) is 9.59 Å². The van der Waals surface area contributed by atoms with Gasteiger partial charge in [0.2, 0.25) is 5.91 Å². The zero-order valence-electron chi connectivity index (χ0n) is 10.7. The van der Waals surface area contributed by atoms with Gasteiger partial charge in [-0.3, -0.25) is 4.79 Å². The molecule has 1 rings (SSSR count). The molecule has 0 atom stereocenters. The summed E-state index contributed by atoms with van der Waals surface area (Å²) < 4.78 is 5.22. The van der Waals surface area contributed by atoms with E-state index in [1.165, 1.54) is 0 Å². The highest BCUT2D eigenvalue weighted by molar-refractivity contribution is 5.77. The predicted molar refractivity (Wildman–Crippen MR) is 63.4 cm³/mol. The van der Waals surface area contributed by atoms with Crippen LogP contribution in [0.15, 0.2) is 0 Å². The Morgan fingerprint density at radius 2 is 2.00 bits per heavy atom. The van der Waals surface area contributed by atoms with Crippen molar-refractivity contribution in [3.63, 3.8) is 0 Å². The molecule has 0 aromatic carbocycles. The molecule has 0 saturated carbocycles. The van der Waals surface area contributed by atoms with Crippen LogP contribution in [0.5, 0.6) is 0 Å². The molecule has 1 aliphatic rings. The van der Waals surface area contributed by atoms with Gasteiger partial charge >= 0.3 is 6.09 Å². The molecule has 6 heteroatoms. The SMILES string of the molecule is CC(C)(C)OC(=O)N1CC(CNC(=O)CN)C1. The first-order chi connectivity index (χ1) is 7.81. The lowest BCUT2D eigenvalue weighted by atomic mass is 10.0. The van der Waals surface area contributed by atoms with Crippen molar-refractivity contribution in [2.75, 3.05) is 26.2 Å². The molecular weight excluding hydrogens is 222 g/mol. The number of hydrogen-bond donors (Lipinski definition) is 2. The number of rotatable bonds is 3. The maximum atomic E-state index is 11.6. The van der Waals surface area contributed by atoms with E-state index in [1.807, 2.05) is 20.8 Å². The number of nitrogens with zero attached hydrogens (tertiary/aromatic N) is 1. The topological polar surface area (TPSA) is 84.7 Å². The van der Waals surface area contributed by atoms with E-state index in [1.54, 1.807) is 4.90 Å². The maximum Gasteiger partial charge on any atom is 0.410 e. The molecule has 3 N–H and O–H groups in total. The van der Waals surface area contributed by atoms with Gasteiger partial charge in [0.05, 0.1) is 6.54 Å². The van der Waals surface area contributed by atoms with Gasteiger partial charge in [-0.25, -0.2) is 4.79 Å². The largest absolute Gasteiger partial charge is 0.444 e. The first-order valence-corrected chi connectivity index (χ1v) is 5.76. The molecule has 1 aliphatic heterocycles. The Bertz CT molecular complexity index is 293. The van der Waals surface area contributed by atoms with E-state index < -0.39 is 5.60 Å². The van der Waals surface area contributed by atoms with E-state index in [0.29, 0.717) is 25.6 Å². The molecule has 17 heavy (non-hydrogen) atoms. The second-order valence-corrected chi connectivity index (χ2v) is 5.26. The van der Waals surface area contributed by atoms with Crippen LogP contribution in [-0.4, -0.2) is 48.7 Å². The Hall–Kier alpha value is -1.30. The van der Waals surface area contributed by atoms with Crippen LogP contribution >= 0.6 is 0 Å². The van der Waals surface area contributed by atoms with Crippen molar-refractivity contribution in [1.82, 2.24) is 10.2 Å². The number of ether oxygens (including phenoxy) is 1. The molecule has 2 amide bonds. The fraction of sp³-hybridized carbons (Fsp3) is 0.818. The molecule has 1 fully saturated rings. The number of amides is 2. The monoisotopic (exact) mass is 243 g/mol. The van der Waals surface area contributed by atoms with E-state index in [4.69, 9.17) is 10.5 Å². The Morgan fingerprint density at radius 1 is 1.41 bits per heavy atom. The van der Waals surface area contributed by atoms with Crippen LogP contribution in [-0.2, 0) is 9.53 Å². The van der Waals surface area contributed by atoms with Crippen molar-refractivity contribution in [3.05, 3.63) is 0 Å².